The van der Waals surface area contributed by atoms with Crippen molar-refractivity contribution < 1.29 is 9.47 Å². The van der Waals surface area contributed by atoms with Crippen molar-refractivity contribution in [2.45, 2.75) is 5.41 Å². The van der Waals surface area contributed by atoms with Gasteiger partial charge in [0.15, 0.2) is 23.0 Å². The van der Waals surface area contributed by atoms with Crippen LogP contribution in [-0.2, 0) is 5.41 Å². The highest BCUT2D eigenvalue weighted by molar-refractivity contribution is 7.25. The highest BCUT2D eigenvalue weighted by atomic mass is 32.1. The molecule has 10 aromatic rings. The highest BCUT2D eigenvalue weighted by Gasteiger charge is 2.53. The van der Waals surface area contributed by atoms with Crippen LogP contribution in [0.25, 0.3) is 53.6 Å². The molecular formula is C55H33NO2S. The van der Waals surface area contributed by atoms with Crippen LogP contribution >= 0.6 is 11.3 Å². The summed E-state index contributed by atoms with van der Waals surface area (Å²) in [6.45, 7) is 0. The predicted octanol–water partition coefficient (Wildman–Crippen LogP) is 15.4. The Morgan fingerprint density at radius 1 is 0.390 bits per heavy atom. The van der Waals surface area contributed by atoms with E-state index < -0.39 is 5.41 Å². The Morgan fingerprint density at radius 3 is 1.81 bits per heavy atom. The number of anilines is 3. The van der Waals surface area contributed by atoms with E-state index in [9.17, 15) is 0 Å². The van der Waals surface area contributed by atoms with Gasteiger partial charge in [-0.1, -0.05) is 146 Å². The number of rotatable bonds is 4. The lowest BCUT2D eigenvalue weighted by Gasteiger charge is -2.31. The molecule has 0 unspecified atom stereocenters. The molecule has 0 amide bonds. The Morgan fingerprint density at radius 2 is 1.02 bits per heavy atom. The molecule has 1 spiro atoms. The van der Waals surface area contributed by atoms with Crippen LogP contribution in [0.1, 0.15) is 22.3 Å². The summed E-state index contributed by atoms with van der Waals surface area (Å²) in [6.07, 6.45) is 0. The van der Waals surface area contributed by atoms with Crippen LogP contribution in [0, 0.1) is 0 Å². The van der Waals surface area contributed by atoms with Crippen molar-refractivity contribution >= 4 is 48.6 Å². The maximum Gasteiger partial charge on any atom is 0.178 e. The molecule has 0 saturated heterocycles. The third kappa shape index (κ3) is 4.52. The minimum atomic E-state index is -0.466. The maximum absolute atomic E-state index is 7.16. The lowest BCUT2D eigenvalue weighted by Crippen LogP contribution is -2.25. The molecule has 0 bridgehead atoms. The standard InChI is InChI=1S/C55H33NO2S/c1-2-14-35(15-3-1)56(47-24-12-7-16-37(47)34-26-28-41-40-19-8-13-25-51(40)59-52(41)32-34)36-27-30-48-50(33-36)58-54-49(57-48)31-29-46-53(54)42-20-6-11-23-45(42)55(46)43-21-9-4-17-38(43)39-18-5-10-22-44(39)55/h1-33H. The Hall–Kier alpha value is -7.40. The van der Waals surface area contributed by atoms with Crippen LogP contribution < -0.4 is 14.4 Å². The predicted molar refractivity (Wildman–Crippen MR) is 242 cm³/mol. The van der Waals surface area contributed by atoms with Gasteiger partial charge in [0, 0.05) is 43.1 Å². The molecule has 0 N–H and O–H groups in total. The van der Waals surface area contributed by atoms with Crippen LogP contribution in [0.3, 0.4) is 0 Å². The van der Waals surface area contributed by atoms with E-state index in [1.165, 1.54) is 64.7 Å². The van der Waals surface area contributed by atoms with E-state index in [1.54, 1.807) is 0 Å². The minimum absolute atomic E-state index is 0.466. The molecule has 2 aliphatic carbocycles. The first-order valence-corrected chi connectivity index (χ1v) is 20.9. The van der Waals surface area contributed by atoms with Crippen LogP contribution in [0.2, 0.25) is 0 Å². The molecule has 1 aromatic heterocycles. The van der Waals surface area contributed by atoms with Crippen LogP contribution in [0.4, 0.5) is 17.1 Å². The number of thiophene rings is 1. The quantitative estimate of drug-likeness (QED) is 0.178. The number of ether oxygens (including phenoxy) is 2. The van der Waals surface area contributed by atoms with Crippen molar-refractivity contribution in [2.24, 2.45) is 0 Å². The lowest BCUT2D eigenvalue weighted by molar-refractivity contribution is 0.360. The second-order valence-corrected chi connectivity index (χ2v) is 16.6. The van der Waals surface area contributed by atoms with Crippen LogP contribution in [0.5, 0.6) is 23.0 Å². The van der Waals surface area contributed by atoms with E-state index in [2.05, 4.69) is 199 Å². The molecule has 13 rings (SSSR count). The smallest absolute Gasteiger partial charge is 0.178 e. The zero-order chi connectivity index (χ0) is 38.7. The van der Waals surface area contributed by atoms with Crippen LogP contribution in [0.15, 0.2) is 200 Å². The zero-order valence-electron chi connectivity index (χ0n) is 31.7. The fourth-order valence-corrected chi connectivity index (χ4v) is 11.3. The summed E-state index contributed by atoms with van der Waals surface area (Å²) in [7, 11) is 0. The van der Waals surface area contributed by atoms with Gasteiger partial charge in [0.05, 0.1) is 16.8 Å². The molecular weight excluding hydrogens is 739 g/mol. The number of hydrogen-bond donors (Lipinski definition) is 0. The third-order valence-electron chi connectivity index (χ3n) is 12.5. The summed E-state index contributed by atoms with van der Waals surface area (Å²) >= 11 is 1.85. The van der Waals surface area contributed by atoms with Gasteiger partial charge in [0.25, 0.3) is 0 Å². The largest absolute Gasteiger partial charge is 0.449 e. The van der Waals surface area contributed by atoms with Gasteiger partial charge in [-0.05, 0) is 93.0 Å². The number of para-hydroxylation sites is 2. The van der Waals surface area contributed by atoms with Crippen LogP contribution in [-0.4, -0.2) is 0 Å². The maximum atomic E-state index is 7.16. The van der Waals surface area contributed by atoms with E-state index >= 15 is 0 Å². The number of fused-ring (bicyclic) bond motifs is 16. The average molecular weight is 772 g/mol. The van der Waals surface area contributed by atoms with E-state index in [4.69, 9.17) is 9.47 Å². The Labute approximate surface area is 345 Å². The van der Waals surface area contributed by atoms with Crippen molar-refractivity contribution in [2.75, 3.05) is 4.90 Å². The first-order valence-electron chi connectivity index (χ1n) is 20.1. The van der Waals surface area contributed by atoms with E-state index in [0.717, 1.165) is 39.7 Å². The molecule has 276 valence electrons. The Bertz CT molecular complexity index is 3320. The normalized spacial score (nSPS) is 13.5. The SMILES string of the molecule is c1ccc(N(c2ccc3c(c2)Oc2c(ccc4c2-c2ccccc2C42c4ccccc4-c4ccccc42)O3)c2ccccc2-c2ccc3c(c2)sc2ccccc23)cc1. The van der Waals surface area contributed by atoms with Gasteiger partial charge in [-0.15, -0.1) is 11.3 Å². The van der Waals surface area contributed by atoms with Crippen molar-refractivity contribution in [1.82, 2.24) is 0 Å². The summed E-state index contributed by atoms with van der Waals surface area (Å²) in [6, 6.07) is 72.1. The fraction of sp³-hybridized carbons (Fsp3) is 0.0182. The van der Waals surface area contributed by atoms with Gasteiger partial charge < -0.3 is 14.4 Å². The lowest BCUT2D eigenvalue weighted by atomic mass is 9.70. The average Bonchev–Trinajstić information content (AvgIpc) is 3.93. The molecule has 0 fully saturated rings. The van der Waals surface area contributed by atoms with Crippen molar-refractivity contribution in [3.63, 3.8) is 0 Å². The topological polar surface area (TPSA) is 21.7 Å². The number of hydrogen-bond acceptors (Lipinski definition) is 4. The molecule has 1 aliphatic heterocycles. The second kappa shape index (κ2) is 12.3. The Balaban J connectivity index is 0.965. The summed E-state index contributed by atoms with van der Waals surface area (Å²) in [4.78, 5) is 2.33. The molecule has 3 nitrogen and oxygen atoms in total. The van der Waals surface area contributed by atoms with Crippen molar-refractivity contribution in [3.05, 3.63) is 222 Å². The van der Waals surface area contributed by atoms with Gasteiger partial charge in [0.2, 0.25) is 0 Å². The second-order valence-electron chi connectivity index (χ2n) is 15.5. The monoisotopic (exact) mass is 771 g/mol. The molecule has 9 aromatic carbocycles. The van der Waals surface area contributed by atoms with E-state index in [-0.39, 0.29) is 0 Å². The van der Waals surface area contributed by atoms with Gasteiger partial charge in [0.1, 0.15) is 0 Å². The van der Waals surface area contributed by atoms with Gasteiger partial charge in [-0.2, -0.15) is 0 Å². The molecule has 59 heavy (non-hydrogen) atoms. The minimum Gasteiger partial charge on any atom is -0.449 e. The van der Waals surface area contributed by atoms with Gasteiger partial charge in [-0.3, -0.25) is 0 Å². The highest BCUT2D eigenvalue weighted by Crippen LogP contribution is 2.66. The van der Waals surface area contributed by atoms with Crippen molar-refractivity contribution in [1.29, 1.82) is 0 Å². The first kappa shape index (κ1) is 32.7. The first-order chi connectivity index (χ1) is 29.3. The summed E-state index contributed by atoms with van der Waals surface area (Å²) in [5, 5.41) is 2.60. The third-order valence-corrected chi connectivity index (χ3v) is 13.7. The molecule has 0 atom stereocenters. The summed E-state index contributed by atoms with van der Waals surface area (Å²) in [5.74, 6) is 2.84. The summed E-state index contributed by atoms with van der Waals surface area (Å²) in [5.41, 5.74) is 14.9. The zero-order valence-corrected chi connectivity index (χ0v) is 32.5. The molecule has 3 aliphatic rings. The summed E-state index contributed by atoms with van der Waals surface area (Å²) < 4.78 is 16.5. The van der Waals surface area contributed by atoms with E-state index in [1.807, 2.05) is 17.4 Å². The Kier molecular flexibility index (Phi) is 6.81. The van der Waals surface area contributed by atoms with E-state index in [0.29, 0.717) is 11.5 Å². The molecule has 0 radical (unpaired) electrons. The van der Waals surface area contributed by atoms with Gasteiger partial charge in [-0.25, -0.2) is 0 Å². The number of benzene rings is 9. The van der Waals surface area contributed by atoms with Crippen molar-refractivity contribution in [3.8, 4) is 56.4 Å². The molecule has 2 heterocycles. The molecule has 0 saturated carbocycles. The van der Waals surface area contributed by atoms with Gasteiger partial charge >= 0.3 is 0 Å². The fourth-order valence-electron chi connectivity index (χ4n) is 10.2. The molecule has 4 heteroatoms. The number of nitrogens with zero attached hydrogens (tertiary/aromatic N) is 1.